The average molecular weight is 288 g/mol. The van der Waals surface area contributed by atoms with Crippen LogP contribution in [-0.4, -0.2) is 41.9 Å². The number of nitrogens with one attached hydrogen (secondary N) is 1. The predicted molar refractivity (Wildman–Crippen MR) is 73.5 cm³/mol. The SMILES string of the molecule is COCC(CNS(=O)(=O)c1ccc(N)cc1C)OC. The Morgan fingerprint density at radius 2 is 2.05 bits per heavy atom. The van der Waals surface area contributed by atoms with E-state index < -0.39 is 10.0 Å². The molecule has 0 aliphatic carbocycles. The maximum Gasteiger partial charge on any atom is 0.240 e. The van der Waals surface area contributed by atoms with E-state index in [1.54, 1.807) is 19.1 Å². The highest BCUT2D eigenvalue weighted by Gasteiger charge is 2.18. The topological polar surface area (TPSA) is 90.7 Å². The summed E-state index contributed by atoms with van der Waals surface area (Å²) in [6, 6.07) is 4.67. The Kier molecular flexibility index (Phi) is 5.74. The largest absolute Gasteiger partial charge is 0.399 e. The van der Waals surface area contributed by atoms with Crippen LogP contribution in [0, 0.1) is 6.92 Å². The summed E-state index contributed by atoms with van der Waals surface area (Å²) in [5, 5.41) is 0. The van der Waals surface area contributed by atoms with Crippen molar-refractivity contribution in [3.05, 3.63) is 23.8 Å². The maximum absolute atomic E-state index is 12.1. The molecule has 108 valence electrons. The molecule has 1 atom stereocenters. The molecule has 0 spiro atoms. The van der Waals surface area contributed by atoms with E-state index in [0.717, 1.165) is 0 Å². The molecule has 1 aromatic carbocycles. The molecule has 0 bridgehead atoms. The van der Waals surface area contributed by atoms with Crippen molar-refractivity contribution >= 4 is 15.7 Å². The van der Waals surface area contributed by atoms with Crippen LogP contribution in [0.4, 0.5) is 5.69 Å². The van der Waals surface area contributed by atoms with Crippen LogP contribution in [0.2, 0.25) is 0 Å². The molecule has 6 nitrogen and oxygen atoms in total. The lowest BCUT2D eigenvalue weighted by Crippen LogP contribution is -2.35. The van der Waals surface area contributed by atoms with Gasteiger partial charge in [-0.1, -0.05) is 0 Å². The number of methoxy groups -OCH3 is 2. The van der Waals surface area contributed by atoms with Gasteiger partial charge < -0.3 is 15.2 Å². The first kappa shape index (κ1) is 15.9. The minimum absolute atomic E-state index is 0.149. The third-order valence-electron chi connectivity index (χ3n) is 2.68. The van der Waals surface area contributed by atoms with Crippen molar-refractivity contribution < 1.29 is 17.9 Å². The van der Waals surface area contributed by atoms with Gasteiger partial charge in [-0.25, -0.2) is 13.1 Å². The number of aryl methyl sites for hydroxylation is 1. The molecule has 0 radical (unpaired) electrons. The van der Waals surface area contributed by atoms with Gasteiger partial charge in [-0.05, 0) is 30.7 Å². The van der Waals surface area contributed by atoms with Crippen molar-refractivity contribution in [2.75, 3.05) is 33.1 Å². The third-order valence-corrected chi connectivity index (χ3v) is 4.26. The Hall–Kier alpha value is -1.15. The zero-order valence-electron chi connectivity index (χ0n) is 11.3. The van der Waals surface area contributed by atoms with Gasteiger partial charge in [0, 0.05) is 26.5 Å². The van der Waals surface area contributed by atoms with Crippen molar-refractivity contribution in [2.45, 2.75) is 17.9 Å². The van der Waals surface area contributed by atoms with Gasteiger partial charge in [0.2, 0.25) is 10.0 Å². The maximum atomic E-state index is 12.1. The number of ether oxygens (including phenoxy) is 2. The summed E-state index contributed by atoms with van der Waals surface area (Å²) in [7, 11) is -0.534. The minimum atomic E-state index is -3.57. The van der Waals surface area contributed by atoms with Gasteiger partial charge >= 0.3 is 0 Å². The fraction of sp³-hybridized carbons (Fsp3) is 0.500. The number of hydrogen-bond acceptors (Lipinski definition) is 5. The molecule has 3 N–H and O–H groups in total. The zero-order valence-corrected chi connectivity index (χ0v) is 12.2. The van der Waals surface area contributed by atoms with Crippen LogP contribution >= 0.6 is 0 Å². The summed E-state index contributed by atoms with van der Waals surface area (Å²) in [6.07, 6.45) is -0.325. The zero-order chi connectivity index (χ0) is 14.5. The summed E-state index contributed by atoms with van der Waals surface area (Å²) in [6.45, 7) is 2.17. The molecule has 1 aromatic rings. The fourth-order valence-electron chi connectivity index (χ4n) is 1.65. The number of anilines is 1. The molecular weight excluding hydrogens is 268 g/mol. The Balaban J connectivity index is 2.81. The molecule has 1 rings (SSSR count). The Morgan fingerprint density at radius 1 is 1.37 bits per heavy atom. The normalized spacial score (nSPS) is 13.4. The number of nitrogens with two attached hydrogens (primary N) is 1. The number of benzene rings is 1. The summed E-state index contributed by atoms with van der Waals surface area (Å²) < 4.78 is 36.8. The van der Waals surface area contributed by atoms with Gasteiger partial charge in [-0.15, -0.1) is 0 Å². The van der Waals surface area contributed by atoms with Crippen LogP contribution in [0.5, 0.6) is 0 Å². The highest BCUT2D eigenvalue weighted by molar-refractivity contribution is 7.89. The lowest BCUT2D eigenvalue weighted by molar-refractivity contribution is 0.0320. The van der Waals surface area contributed by atoms with E-state index in [9.17, 15) is 8.42 Å². The smallest absolute Gasteiger partial charge is 0.240 e. The number of rotatable bonds is 7. The first-order chi connectivity index (χ1) is 8.90. The van der Waals surface area contributed by atoms with Crippen LogP contribution in [0.3, 0.4) is 0 Å². The van der Waals surface area contributed by atoms with Gasteiger partial charge in [0.15, 0.2) is 0 Å². The van der Waals surface area contributed by atoms with Gasteiger partial charge in [-0.2, -0.15) is 0 Å². The van der Waals surface area contributed by atoms with E-state index in [1.165, 1.54) is 20.3 Å². The van der Waals surface area contributed by atoms with E-state index in [-0.39, 0.29) is 17.5 Å². The Morgan fingerprint density at radius 3 is 2.58 bits per heavy atom. The second-order valence-corrected chi connectivity index (χ2v) is 5.93. The van der Waals surface area contributed by atoms with Gasteiger partial charge in [-0.3, -0.25) is 0 Å². The molecule has 0 amide bonds. The number of nitrogen functional groups attached to an aromatic ring is 1. The fourth-order valence-corrected chi connectivity index (χ4v) is 2.94. The predicted octanol–water partition coefficient (Wildman–Crippen LogP) is 0.517. The van der Waals surface area contributed by atoms with E-state index in [0.29, 0.717) is 17.9 Å². The van der Waals surface area contributed by atoms with Crippen molar-refractivity contribution in [3.8, 4) is 0 Å². The van der Waals surface area contributed by atoms with Crippen LogP contribution in [0.15, 0.2) is 23.1 Å². The van der Waals surface area contributed by atoms with Gasteiger partial charge in [0.1, 0.15) is 0 Å². The second kappa shape index (κ2) is 6.85. The standard InChI is InChI=1S/C12H20N2O4S/c1-9-6-10(13)4-5-12(9)19(15,16)14-7-11(18-3)8-17-2/h4-6,11,14H,7-8,13H2,1-3H3. The Labute approximate surface area is 113 Å². The average Bonchev–Trinajstić information content (AvgIpc) is 2.34. The monoisotopic (exact) mass is 288 g/mol. The molecule has 0 fully saturated rings. The minimum Gasteiger partial charge on any atom is -0.399 e. The molecule has 1 unspecified atom stereocenters. The summed E-state index contributed by atoms with van der Waals surface area (Å²) in [5.74, 6) is 0. The van der Waals surface area contributed by atoms with Crippen LogP contribution < -0.4 is 10.5 Å². The molecule has 19 heavy (non-hydrogen) atoms. The van der Waals surface area contributed by atoms with Crippen molar-refractivity contribution in [1.82, 2.24) is 4.72 Å². The van der Waals surface area contributed by atoms with E-state index in [1.807, 2.05) is 0 Å². The third kappa shape index (κ3) is 4.46. The highest BCUT2D eigenvalue weighted by atomic mass is 32.2. The van der Waals surface area contributed by atoms with Crippen molar-refractivity contribution in [3.63, 3.8) is 0 Å². The van der Waals surface area contributed by atoms with E-state index in [4.69, 9.17) is 15.2 Å². The van der Waals surface area contributed by atoms with Crippen molar-refractivity contribution in [1.29, 1.82) is 0 Å². The molecule has 0 heterocycles. The first-order valence-corrected chi connectivity index (χ1v) is 7.26. The van der Waals surface area contributed by atoms with E-state index >= 15 is 0 Å². The summed E-state index contributed by atoms with van der Waals surface area (Å²) in [4.78, 5) is 0.217. The molecule has 0 saturated carbocycles. The van der Waals surface area contributed by atoms with Crippen LogP contribution in [0.1, 0.15) is 5.56 Å². The molecular formula is C12H20N2O4S. The number of hydrogen-bond donors (Lipinski definition) is 2. The lowest BCUT2D eigenvalue weighted by atomic mass is 10.2. The van der Waals surface area contributed by atoms with Gasteiger partial charge in [0.25, 0.3) is 0 Å². The lowest BCUT2D eigenvalue weighted by Gasteiger charge is -2.16. The summed E-state index contributed by atoms with van der Waals surface area (Å²) in [5.41, 5.74) is 6.74. The molecule has 0 aliphatic rings. The Bertz CT molecular complexity index is 516. The second-order valence-electron chi connectivity index (χ2n) is 4.19. The quantitative estimate of drug-likeness (QED) is 0.714. The first-order valence-electron chi connectivity index (χ1n) is 5.78. The molecule has 0 aliphatic heterocycles. The number of sulfonamides is 1. The molecule has 0 saturated heterocycles. The summed E-state index contributed by atoms with van der Waals surface area (Å²) >= 11 is 0. The molecule has 0 aromatic heterocycles. The van der Waals surface area contributed by atoms with Crippen LogP contribution in [0.25, 0.3) is 0 Å². The van der Waals surface area contributed by atoms with Crippen LogP contribution in [-0.2, 0) is 19.5 Å². The molecule has 7 heteroatoms. The van der Waals surface area contributed by atoms with E-state index in [2.05, 4.69) is 4.72 Å². The van der Waals surface area contributed by atoms with Crippen molar-refractivity contribution in [2.24, 2.45) is 0 Å². The van der Waals surface area contributed by atoms with Gasteiger partial charge in [0.05, 0.1) is 17.6 Å². The highest BCUT2D eigenvalue weighted by Crippen LogP contribution is 2.17.